The molecule has 1 aromatic heterocycles. The fraction of sp³-hybridized carbons (Fsp3) is 0.421. The number of aromatic nitrogens is 2. The van der Waals surface area contributed by atoms with E-state index in [1.807, 2.05) is 6.92 Å². The van der Waals surface area contributed by atoms with Gasteiger partial charge in [0, 0.05) is 30.5 Å². The maximum absolute atomic E-state index is 12.7. The first-order chi connectivity index (χ1) is 12.6. The number of hydrogen-bond donors (Lipinski definition) is 1. The second-order valence-corrected chi connectivity index (χ2v) is 6.27. The fourth-order valence-corrected chi connectivity index (χ4v) is 3.01. The lowest BCUT2D eigenvalue weighted by atomic mass is 10.1. The van der Waals surface area contributed by atoms with E-state index in [4.69, 9.17) is 9.47 Å². The molecule has 1 fully saturated rings. The Morgan fingerprint density at radius 3 is 2.46 bits per heavy atom. The van der Waals surface area contributed by atoms with E-state index in [1.165, 1.54) is 6.42 Å². The minimum Gasteiger partial charge on any atom is -0.493 e. The molecule has 3 rings (SSSR count). The van der Waals surface area contributed by atoms with E-state index in [1.54, 1.807) is 38.5 Å². The second kappa shape index (κ2) is 8.03. The van der Waals surface area contributed by atoms with E-state index >= 15 is 0 Å². The van der Waals surface area contributed by atoms with E-state index in [0.29, 0.717) is 28.8 Å². The molecule has 7 heteroatoms. The molecule has 0 unspecified atom stereocenters. The number of methoxy groups -OCH3 is 2. The van der Waals surface area contributed by atoms with Crippen molar-refractivity contribution in [3.05, 3.63) is 35.7 Å². The third-order valence-electron chi connectivity index (χ3n) is 4.36. The minimum atomic E-state index is -0.277. The van der Waals surface area contributed by atoms with E-state index < -0.39 is 0 Å². The lowest BCUT2D eigenvalue weighted by Crippen LogP contribution is -2.31. The first kappa shape index (κ1) is 18.0. The maximum Gasteiger partial charge on any atom is 0.274 e. The standard InChI is InChI=1S/C19H24N4O3/c1-13-11-15(22-19(20-13)23-9-5-4-6-10-23)18(24)21-14-7-8-16(25-2)17(12-14)26-3/h7-8,11-12H,4-6,9-10H2,1-3H3,(H,21,24). The summed E-state index contributed by atoms with van der Waals surface area (Å²) in [5, 5.41) is 2.86. The van der Waals surface area contributed by atoms with Gasteiger partial charge in [-0.2, -0.15) is 0 Å². The van der Waals surface area contributed by atoms with Crippen molar-refractivity contribution in [3.63, 3.8) is 0 Å². The van der Waals surface area contributed by atoms with Crippen LogP contribution in [-0.4, -0.2) is 43.2 Å². The number of anilines is 2. The molecule has 1 amide bonds. The number of carbonyl (C=O) groups excluding carboxylic acids is 1. The van der Waals surface area contributed by atoms with Gasteiger partial charge in [-0.05, 0) is 44.4 Å². The first-order valence-electron chi connectivity index (χ1n) is 8.74. The topological polar surface area (TPSA) is 76.6 Å². The van der Waals surface area contributed by atoms with Gasteiger partial charge in [0.15, 0.2) is 11.5 Å². The van der Waals surface area contributed by atoms with Gasteiger partial charge in [0.05, 0.1) is 14.2 Å². The summed E-state index contributed by atoms with van der Waals surface area (Å²) in [5.41, 5.74) is 1.74. The van der Waals surface area contributed by atoms with Gasteiger partial charge in [-0.15, -0.1) is 0 Å². The van der Waals surface area contributed by atoms with Crippen LogP contribution >= 0.6 is 0 Å². The van der Waals surface area contributed by atoms with Crippen molar-refractivity contribution in [2.75, 3.05) is 37.5 Å². The van der Waals surface area contributed by atoms with Gasteiger partial charge >= 0.3 is 0 Å². The molecule has 0 bridgehead atoms. The molecule has 2 heterocycles. The highest BCUT2D eigenvalue weighted by atomic mass is 16.5. The summed E-state index contributed by atoms with van der Waals surface area (Å²) in [4.78, 5) is 23.8. The van der Waals surface area contributed by atoms with Crippen molar-refractivity contribution in [3.8, 4) is 11.5 Å². The molecule has 0 atom stereocenters. The number of ether oxygens (including phenoxy) is 2. The predicted octanol–water partition coefficient (Wildman–Crippen LogP) is 3.04. The fourth-order valence-electron chi connectivity index (χ4n) is 3.01. The molecule has 0 spiro atoms. The number of aryl methyl sites for hydroxylation is 1. The quantitative estimate of drug-likeness (QED) is 0.887. The summed E-state index contributed by atoms with van der Waals surface area (Å²) >= 11 is 0. The Kier molecular flexibility index (Phi) is 5.55. The number of nitrogens with one attached hydrogen (secondary N) is 1. The Balaban J connectivity index is 1.80. The van der Waals surface area contributed by atoms with Crippen LogP contribution in [0.5, 0.6) is 11.5 Å². The molecule has 0 radical (unpaired) electrons. The Hall–Kier alpha value is -2.83. The van der Waals surface area contributed by atoms with Gasteiger partial charge in [0.2, 0.25) is 5.95 Å². The number of piperidine rings is 1. The Bertz CT molecular complexity index is 788. The zero-order valence-corrected chi connectivity index (χ0v) is 15.4. The number of hydrogen-bond acceptors (Lipinski definition) is 6. The Morgan fingerprint density at radius 1 is 1.04 bits per heavy atom. The summed E-state index contributed by atoms with van der Waals surface area (Å²) in [6.07, 6.45) is 3.49. The number of rotatable bonds is 5. The Morgan fingerprint density at radius 2 is 1.77 bits per heavy atom. The van der Waals surface area contributed by atoms with Gasteiger partial charge < -0.3 is 19.7 Å². The molecule has 0 aliphatic carbocycles. The normalized spacial score (nSPS) is 14.0. The lowest BCUT2D eigenvalue weighted by molar-refractivity contribution is 0.102. The molecule has 1 aliphatic rings. The maximum atomic E-state index is 12.7. The van der Waals surface area contributed by atoms with Crippen molar-refractivity contribution < 1.29 is 14.3 Å². The highest BCUT2D eigenvalue weighted by Crippen LogP contribution is 2.30. The lowest BCUT2D eigenvalue weighted by Gasteiger charge is -2.27. The SMILES string of the molecule is COc1ccc(NC(=O)c2cc(C)nc(N3CCCCC3)n2)cc1OC. The van der Waals surface area contributed by atoms with Gasteiger partial charge in [0.25, 0.3) is 5.91 Å². The zero-order chi connectivity index (χ0) is 18.5. The van der Waals surface area contributed by atoms with Crippen LogP contribution in [-0.2, 0) is 0 Å². The monoisotopic (exact) mass is 356 g/mol. The molecule has 7 nitrogen and oxygen atoms in total. The van der Waals surface area contributed by atoms with Crippen LogP contribution in [0, 0.1) is 6.92 Å². The molecule has 1 N–H and O–H groups in total. The van der Waals surface area contributed by atoms with Gasteiger partial charge in [-0.25, -0.2) is 9.97 Å². The Labute approximate surface area is 153 Å². The second-order valence-electron chi connectivity index (χ2n) is 6.27. The molecular formula is C19H24N4O3. The summed E-state index contributed by atoms with van der Waals surface area (Å²) < 4.78 is 10.5. The molecule has 138 valence electrons. The van der Waals surface area contributed by atoms with Crippen LogP contribution in [0.15, 0.2) is 24.3 Å². The summed E-state index contributed by atoms with van der Waals surface area (Å²) in [6, 6.07) is 6.93. The molecule has 1 aliphatic heterocycles. The molecule has 1 aromatic carbocycles. The smallest absolute Gasteiger partial charge is 0.274 e. The zero-order valence-electron chi connectivity index (χ0n) is 15.4. The van der Waals surface area contributed by atoms with Crippen LogP contribution < -0.4 is 19.7 Å². The number of carbonyl (C=O) groups is 1. The van der Waals surface area contributed by atoms with Crippen molar-refractivity contribution >= 4 is 17.5 Å². The molecule has 2 aromatic rings. The van der Waals surface area contributed by atoms with E-state index in [-0.39, 0.29) is 5.91 Å². The van der Waals surface area contributed by atoms with Gasteiger partial charge in [-0.1, -0.05) is 0 Å². The van der Waals surface area contributed by atoms with E-state index in [2.05, 4.69) is 20.2 Å². The van der Waals surface area contributed by atoms with Crippen LogP contribution in [0.1, 0.15) is 35.4 Å². The van der Waals surface area contributed by atoms with Crippen molar-refractivity contribution in [1.82, 2.24) is 9.97 Å². The third kappa shape index (κ3) is 4.04. The predicted molar refractivity (Wildman–Crippen MR) is 100 cm³/mol. The minimum absolute atomic E-state index is 0.277. The van der Waals surface area contributed by atoms with Crippen LogP contribution in [0.25, 0.3) is 0 Å². The molecule has 1 saturated heterocycles. The number of amides is 1. The number of benzene rings is 1. The molecule has 26 heavy (non-hydrogen) atoms. The average molecular weight is 356 g/mol. The summed E-state index contributed by atoms with van der Waals surface area (Å²) in [6.45, 7) is 3.74. The third-order valence-corrected chi connectivity index (χ3v) is 4.36. The first-order valence-corrected chi connectivity index (χ1v) is 8.74. The van der Waals surface area contributed by atoms with Crippen molar-refractivity contribution in [1.29, 1.82) is 0 Å². The van der Waals surface area contributed by atoms with Crippen molar-refractivity contribution in [2.24, 2.45) is 0 Å². The van der Waals surface area contributed by atoms with Crippen LogP contribution in [0.4, 0.5) is 11.6 Å². The van der Waals surface area contributed by atoms with E-state index in [9.17, 15) is 4.79 Å². The number of nitrogens with zero attached hydrogens (tertiary/aromatic N) is 3. The average Bonchev–Trinajstić information content (AvgIpc) is 2.68. The largest absolute Gasteiger partial charge is 0.493 e. The van der Waals surface area contributed by atoms with Crippen LogP contribution in [0.3, 0.4) is 0 Å². The molecular weight excluding hydrogens is 332 g/mol. The van der Waals surface area contributed by atoms with Gasteiger partial charge in [-0.3, -0.25) is 4.79 Å². The van der Waals surface area contributed by atoms with E-state index in [0.717, 1.165) is 31.6 Å². The molecule has 0 saturated carbocycles. The van der Waals surface area contributed by atoms with Gasteiger partial charge in [0.1, 0.15) is 5.69 Å². The summed E-state index contributed by atoms with van der Waals surface area (Å²) in [5.74, 6) is 1.51. The highest BCUT2D eigenvalue weighted by molar-refractivity contribution is 6.03. The highest BCUT2D eigenvalue weighted by Gasteiger charge is 2.17. The summed E-state index contributed by atoms with van der Waals surface area (Å²) in [7, 11) is 3.13. The van der Waals surface area contributed by atoms with Crippen LogP contribution in [0.2, 0.25) is 0 Å². The van der Waals surface area contributed by atoms with Crippen molar-refractivity contribution in [2.45, 2.75) is 26.2 Å².